The molecule has 0 unspecified atom stereocenters. The Morgan fingerprint density at radius 3 is 2.20 bits per heavy atom. The molecule has 4 nitrogen and oxygen atoms in total. The Morgan fingerprint density at radius 2 is 1.64 bits per heavy atom. The van der Waals surface area contributed by atoms with Crippen LogP contribution in [0, 0.1) is 0 Å². The van der Waals surface area contributed by atoms with Crippen molar-refractivity contribution in [2.45, 2.75) is 11.1 Å². The van der Waals surface area contributed by atoms with Crippen molar-refractivity contribution >= 4 is 27.5 Å². The Labute approximate surface area is 142 Å². The molecule has 0 atom stereocenters. The van der Waals surface area contributed by atoms with Gasteiger partial charge in [0, 0.05) is 12.3 Å². The van der Waals surface area contributed by atoms with Gasteiger partial charge in [0.15, 0.2) is 9.84 Å². The van der Waals surface area contributed by atoms with E-state index in [2.05, 4.69) is 5.32 Å². The van der Waals surface area contributed by atoms with Gasteiger partial charge < -0.3 is 5.32 Å². The van der Waals surface area contributed by atoms with Crippen LogP contribution in [-0.4, -0.2) is 20.6 Å². The normalized spacial score (nSPS) is 12.3. The Bertz CT molecular complexity index is 901. The number of hydrogen-bond acceptors (Lipinski definition) is 3. The van der Waals surface area contributed by atoms with Crippen LogP contribution in [0.2, 0.25) is 0 Å². The largest absolute Gasteiger partial charge is 0.416 e. The first-order chi connectivity index (χ1) is 11.6. The maximum absolute atomic E-state index is 12.5. The number of para-hydroxylation sites is 1. The fraction of sp³-hybridized carbons (Fsp3) is 0.118. The van der Waals surface area contributed by atoms with Crippen molar-refractivity contribution < 1.29 is 26.4 Å². The monoisotopic (exact) mass is 369 g/mol. The van der Waals surface area contributed by atoms with Gasteiger partial charge in [-0.3, -0.25) is 4.79 Å². The van der Waals surface area contributed by atoms with Crippen LogP contribution in [-0.2, 0) is 20.8 Å². The molecule has 0 aliphatic rings. The van der Waals surface area contributed by atoms with Crippen LogP contribution in [0.25, 0.3) is 6.08 Å². The second-order valence-corrected chi connectivity index (χ2v) is 7.19. The van der Waals surface area contributed by atoms with Crippen molar-refractivity contribution in [2.75, 3.05) is 11.6 Å². The number of rotatable bonds is 4. The minimum atomic E-state index is -4.42. The zero-order valence-corrected chi connectivity index (χ0v) is 13.9. The van der Waals surface area contributed by atoms with Crippen molar-refractivity contribution in [1.82, 2.24) is 0 Å². The quantitative estimate of drug-likeness (QED) is 0.835. The van der Waals surface area contributed by atoms with Crippen LogP contribution in [0.5, 0.6) is 0 Å². The topological polar surface area (TPSA) is 63.2 Å². The van der Waals surface area contributed by atoms with Crippen LogP contribution in [0.15, 0.2) is 59.5 Å². The molecule has 2 aromatic carbocycles. The highest BCUT2D eigenvalue weighted by molar-refractivity contribution is 7.90. The summed E-state index contributed by atoms with van der Waals surface area (Å²) in [4.78, 5) is 11.9. The van der Waals surface area contributed by atoms with Crippen molar-refractivity contribution in [1.29, 1.82) is 0 Å². The first kappa shape index (κ1) is 18.7. The number of carbonyl (C=O) groups excluding carboxylic acids is 1. The Kier molecular flexibility index (Phi) is 5.32. The van der Waals surface area contributed by atoms with Gasteiger partial charge in [-0.25, -0.2) is 8.42 Å². The molecule has 1 N–H and O–H groups in total. The lowest BCUT2D eigenvalue weighted by atomic mass is 10.1. The summed E-state index contributed by atoms with van der Waals surface area (Å²) in [7, 11) is -3.51. The van der Waals surface area contributed by atoms with Crippen LogP contribution in [0.1, 0.15) is 11.1 Å². The summed E-state index contributed by atoms with van der Waals surface area (Å²) in [5.74, 6) is -0.601. The zero-order chi connectivity index (χ0) is 18.7. The van der Waals surface area contributed by atoms with Crippen LogP contribution in [0.3, 0.4) is 0 Å². The highest BCUT2D eigenvalue weighted by Crippen LogP contribution is 2.29. The van der Waals surface area contributed by atoms with E-state index in [1.54, 1.807) is 6.07 Å². The molecule has 0 heterocycles. The summed E-state index contributed by atoms with van der Waals surface area (Å²) in [6.07, 6.45) is -0.953. The Morgan fingerprint density at radius 1 is 1.04 bits per heavy atom. The number of alkyl halides is 3. The van der Waals surface area contributed by atoms with E-state index in [1.165, 1.54) is 36.4 Å². The van der Waals surface area contributed by atoms with Crippen LogP contribution >= 0.6 is 0 Å². The smallest absolute Gasteiger partial charge is 0.321 e. The lowest BCUT2D eigenvalue weighted by Crippen LogP contribution is -2.11. The van der Waals surface area contributed by atoms with Gasteiger partial charge in [0.05, 0.1) is 16.1 Å². The summed E-state index contributed by atoms with van der Waals surface area (Å²) in [6, 6.07) is 10.2. The summed E-state index contributed by atoms with van der Waals surface area (Å²) in [5.41, 5.74) is -0.247. The third-order valence-corrected chi connectivity index (χ3v) is 4.36. The van der Waals surface area contributed by atoms with Crippen LogP contribution < -0.4 is 5.32 Å². The highest BCUT2D eigenvalue weighted by atomic mass is 32.2. The lowest BCUT2D eigenvalue weighted by molar-refractivity contribution is -0.137. The molecule has 0 fully saturated rings. The SMILES string of the molecule is CS(=O)(=O)c1ccccc1NC(=O)/C=C/c1ccc(C(F)(F)F)cc1. The van der Waals surface area contributed by atoms with Gasteiger partial charge in [-0.05, 0) is 35.9 Å². The third-order valence-electron chi connectivity index (χ3n) is 3.21. The van der Waals surface area contributed by atoms with Gasteiger partial charge in [-0.1, -0.05) is 24.3 Å². The molecule has 0 aliphatic carbocycles. The molecule has 8 heteroatoms. The molecule has 0 bridgehead atoms. The molecule has 2 rings (SSSR count). The van der Waals surface area contributed by atoms with Gasteiger partial charge in [-0.15, -0.1) is 0 Å². The second-order valence-electron chi connectivity index (χ2n) is 5.21. The minimum absolute atomic E-state index is 0.0220. The minimum Gasteiger partial charge on any atom is -0.321 e. The Balaban J connectivity index is 2.12. The standard InChI is InChI=1S/C17H14F3NO3S/c1-25(23,24)15-5-3-2-4-14(15)21-16(22)11-8-12-6-9-13(10-7-12)17(18,19)20/h2-11H,1H3,(H,21,22)/b11-8+. The van der Waals surface area contributed by atoms with E-state index in [9.17, 15) is 26.4 Å². The van der Waals surface area contributed by atoms with E-state index in [0.717, 1.165) is 24.5 Å². The predicted octanol–water partition coefficient (Wildman–Crippen LogP) is 3.76. The molecule has 0 radical (unpaired) electrons. The molecule has 25 heavy (non-hydrogen) atoms. The van der Waals surface area contributed by atoms with E-state index in [0.29, 0.717) is 5.56 Å². The van der Waals surface area contributed by atoms with Crippen LogP contribution in [0.4, 0.5) is 18.9 Å². The average molecular weight is 369 g/mol. The van der Waals surface area contributed by atoms with Crippen molar-refractivity contribution in [3.63, 3.8) is 0 Å². The number of halogens is 3. The number of hydrogen-bond donors (Lipinski definition) is 1. The molecule has 1 amide bonds. The zero-order valence-electron chi connectivity index (χ0n) is 13.0. The molecule has 2 aromatic rings. The van der Waals surface area contributed by atoms with E-state index < -0.39 is 27.5 Å². The fourth-order valence-corrected chi connectivity index (χ4v) is 2.87. The van der Waals surface area contributed by atoms with Gasteiger partial charge in [0.1, 0.15) is 0 Å². The van der Waals surface area contributed by atoms with Crippen molar-refractivity contribution in [3.05, 3.63) is 65.7 Å². The summed E-state index contributed by atoms with van der Waals surface area (Å²) in [5, 5.41) is 2.44. The number of carbonyl (C=O) groups is 1. The van der Waals surface area contributed by atoms with Gasteiger partial charge in [-0.2, -0.15) is 13.2 Å². The first-order valence-corrected chi connectivity index (χ1v) is 8.92. The van der Waals surface area contributed by atoms with Crippen molar-refractivity contribution in [3.8, 4) is 0 Å². The van der Waals surface area contributed by atoms with Gasteiger partial charge >= 0.3 is 6.18 Å². The Hall–Kier alpha value is -2.61. The fourth-order valence-electron chi connectivity index (χ4n) is 2.02. The second kappa shape index (κ2) is 7.10. The summed E-state index contributed by atoms with van der Waals surface area (Å²) < 4.78 is 60.8. The number of sulfone groups is 1. The molecule has 132 valence electrons. The summed E-state index contributed by atoms with van der Waals surface area (Å²) >= 11 is 0. The van der Waals surface area contributed by atoms with Gasteiger partial charge in [0.2, 0.25) is 5.91 Å². The molecule has 0 aromatic heterocycles. The van der Waals surface area contributed by atoms with Gasteiger partial charge in [0.25, 0.3) is 0 Å². The number of nitrogens with one attached hydrogen (secondary N) is 1. The van der Waals surface area contributed by atoms with E-state index in [4.69, 9.17) is 0 Å². The third kappa shape index (κ3) is 5.18. The van der Waals surface area contributed by atoms with E-state index >= 15 is 0 Å². The van der Waals surface area contributed by atoms with E-state index in [1.807, 2.05) is 0 Å². The molecular weight excluding hydrogens is 355 g/mol. The van der Waals surface area contributed by atoms with E-state index in [-0.39, 0.29) is 10.6 Å². The first-order valence-electron chi connectivity index (χ1n) is 7.03. The maximum atomic E-state index is 12.5. The summed E-state index contributed by atoms with van der Waals surface area (Å²) in [6.45, 7) is 0. The highest BCUT2D eigenvalue weighted by Gasteiger charge is 2.29. The lowest BCUT2D eigenvalue weighted by Gasteiger charge is -2.08. The number of anilines is 1. The average Bonchev–Trinajstić information content (AvgIpc) is 2.52. The molecule has 0 spiro atoms. The molecular formula is C17H14F3NO3S. The molecule has 0 aliphatic heterocycles. The molecule has 0 saturated heterocycles. The molecule has 0 saturated carbocycles. The number of amides is 1. The van der Waals surface area contributed by atoms with Crippen molar-refractivity contribution in [2.24, 2.45) is 0 Å². The number of benzene rings is 2. The predicted molar refractivity (Wildman–Crippen MR) is 88.7 cm³/mol. The maximum Gasteiger partial charge on any atom is 0.416 e.